The molecule has 0 aromatic heterocycles. The lowest BCUT2D eigenvalue weighted by Crippen LogP contribution is -2.21. The summed E-state index contributed by atoms with van der Waals surface area (Å²) in [5.74, 6) is -3.04. The molecule has 0 aromatic rings. The van der Waals surface area contributed by atoms with Gasteiger partial charge in [0.2, 0.25) is 0 Å². The van der Waals surface area contributed by atoms with Crippen molar-refractivity contribution in [1.29, 1.82) is 0 Å². The van der Waals surface area contributed by atoms with E-state index >= 15 is 0 Å². The van der Waals surface area contributed by atoms with Crippen LogP contribution in [0.4, 0.5) is 0 Å². The zero-order chi connectivity index (χ0) is 9.56. The number of aliphatic hydroxyl groups excluding tert-OH is 1. The Hall–Kier alpha value is -1.36. The normalized spacial score (nSPS) is 11.8. The van der Waals surface area contributed by atoms with Gasteiger partial charge in [-0.3, -0.25) is 9.59 Å². The second-order valence-corrected chi connectivity index (χ2v) is 2.08. The molecule has 0 radical (unpaired) electrons. The van der Waals surface area contributed by atoms with Gasteiger partial charge in [-0.25, -0.2) is 0 Å². The molecule has 0 spiro atoms. The summed E-state index contributed by atoms with van der Waals surface area (Å²) in [4.78, 5) is 20.9. The van der Waals surface area contributed by atoms with Gasteiger partial charge in [0.15, 0.2) is 0 Å². The molecule has 0 heterocycles. The van der Waals surface area contributed by atoms with Crippen molar-refractivity contribution in [2.45, 2.75) is 6.42 Å². The second-order valence-electron chi connectivity index (χ2n) is 2.08. The maximum Gasteiger partial charge on any atom is 0.311 e. The highest BCUT2D eigenvalue weighted by atomic mass is 16.5. The van der Waals surface area contributed by atoms with Crippen molar-refractivity contribution in [3.05, 3.63) is 12.8 Å². The van der Waals surface area contributed by atoms with Gasteiger partial charge in [0.05, 0.1) is 25.2 Å². The number of rotatable bonds is 5. The van der Waals surface area contributed by atoms with Crippen LogP contribution < -0.4 is 0 Å². The van der Waals surface area contributed by atoms with Crippen LogP contribution in [0, 0.1) is 5.92 Å². The van der Waals surface area contributed by atoms with E-state index in [1.54, 1.807) is 0 Å². The van der Waals surface area contributed by atoms with Gasteiger partial charge in [0.25, 0.3) is 0 Å². The van der Waals surface area contributed by atoms with Crippen LogP contribution in [0.3, 0.4) is 0 Å². The number of ether oxygens (including phenoxy) is 1. The molecule has 0 aliphatic rings. The monoisotopic (exact) mass is 174 g/mol. The zero-order valence-corrected chi connectivity index (χ0v) is 6.40. The minimum absolute atomic E-state index is 0.349. The number of carbonyl (C=O) groups is 2. The molecule has 0 bridgehead atoms. The van der Waals surface area contributed by atoms with Crippen LogP contribution in [0.1, 0.15) is 6.42 Å². The Balaban J connectivity index is 3.93. The molecule has 0 aliphatic carbocycles. The fourth-order valence-electron chi connectivity index (χ4n) is 0.572. The predicted octanol–water partition coefficient (Wildman–Crippen LogP) is -0.244. The van der Waals surface area contributed by atoms with Crippen molar-refractivity contribution in [2.75, 3.05) is 6.61 Å². The topological polar surface area (TPSA) is 83.8 Å². The summed E-state index contributed by atoms with van der Waals surface area (Å²) in [6.07, 6.45) is 0.566. The lowest BCUT2D eigenvalue weighted by molar-refractivity contribution is -0.149. The Kier molecular flexibility index (Phi) is 4.71. The summed E-state index contributed by atoms with van der Waals surface area (Å²) in [6.45, 7) is 2.54. The first kappa shape index (κ1) is 10.6. The predicted molar refractivity (Wildman–Crippen MR) is 39.1 cm³/mol. The van der Waals surface area contributed by atoms with Gasteiger partial charge in [-0.1, -0.05) is 6.58 Å². The fraction of sp³-hybridized carbons (Fsp3) is 0.429. The van der Waals surface area contributed by atoms with E-state index in [0.29, 0.717) is 0 Å². The SMILES string of the molecule is C=COC(=O)CC(CO)C(=O)O. The number of carboxylic acid groups (broad SMARTS) is 1. The smallest absolute Gasteiger partial charge is 0.311 e. The molecule has 2 N–H and O–H groups in total. The number of aliphatic carboxylic acids is 1. The molecule has 1 atom stereocenters. The summed E-state index contributed by atoms with van der Waals surface area (Å²) in [6, 6.07) is 0. The molecule has 0 aliphatic heterocycles. The van der Waals surface area contributed by atoms with Gasteiger partial charge in [0.1, 0.15) is 0 Å². The number of hydrogen-bond acceptors (Lipinski definition) is 4. The third-order valence-corrected chi connectivity index (χ3v) is 1.20. The summed E-state index contributed by atoms with van der Waals surface area (Å²) < 4.78 is 4.27. The van der Waals surface area contributed by atoms with Gasteiger partial charge < -0.3 is 14.9 Å². The number of esters is 1. The molecule has 5 nitrogen and oxygen atoms in total. The van der Waals surface area contributed by atoms with E-state index in [9.17, 15) is 9.59 Å². The molecule has 68 valence electrons. The molecule has 1 unspecified atom stereocenters. The first-order valence-electron chi connectivity index (χ1n) is 3.25. The maximum atomic E-state index is 10.6. The quantitative estimate of drug-likeness (QED) is 0.443. The van der Waals surface area contributed by atoms with Gasteiger partial charge in [-0.05, 0) is 0 Å². The van der Waals surface area contributed by atoms with E-state index in [1.807, 2.05) is 0 Å². The van der Waals surface area contributed by atoms with Crippen molar-refractivity contribution in [3.63, 3.8) is 0 Å². The number of aliphatic hydroxyl groups is 1. The third kappa shape index (κ3) is 3.72. The first-order chi connectivity index (χ1) is 5.61. The highest BCUT2D eigenvalue weighted by Crippen LogP contribution is 2.03. The largest absolute Gasteiger partial charge is 0.481 e. The minimum atomic E-state index is -1.22. The summed E-state index contributed by atoms with van der Waals surface area (Å²) in [7, 11) is 0. The van der Waals surface area contributed by atoms with E-state index in [4.69, 9.17) is 10.2 Å². The Bertz CT molecular complexity index is 186. The lowest BCUT2D eigenvalue weighted by atomic mass is 10.1. The Labute approximate surface area is 69.3 Å². The van der Waals surface area contributed by atoms with E-state index in [0.717, 1.165) is 6.26 Å². The van der Waals surface area contributed by atoms with Gasteiger partial charge in [-0.2, -0.15) is 0 Å². The molecule has 12 heavy (non-hydrogen) atoms. The van der Waals surface area contributed by atoms with Crippen LogP contribution in [0.5, 0.6) is 0 Å². The van der Waals surface area contributed by atoms with Crippen molar-refractivity contribution >= 4 is 11.9 Å². The Morgan fingerprint density at radius 2 is 2.17 bits per heavy atom. The Morgan fingerprint density at radius 3 is 2.50 bits per heavy atom. The number of hydrogen-bond donors (Lipinski definition) is 2. The van der Waals surface area contributed by atoms with Crippen LogP contribution in [0.15, 0.2) is 12.8 Å². The van der Waals surface area contributed by atoms with Crippen LogP contribution in [-0.2, 0) is 14.3 Å². The van der Waals surface area contributed by atoms with Crippen molar-refractivity contribution in [1.82, 2.24) is 0 Å². The molecule has 0 rings (SSSR count). The lowest BCUT2D eigenvalue weighted by Gasteiger charge is -2.05. The van der Waals surface area contributed by atoms with Crippen LogP contribution in [0.25, 0.3) is 0 Å². The van der Waals surface area contributed by atoms with Crippen molar-refractivity contribution < 1.29 is 24.5 Å². The van der Waals surface area contributed by atoms with Gasteiger partial charge in [0, 0.05) is 0 Å². The minimum Gasteiger partial charge on any atom is -0.481 e. The van der Waals surface area contributed by atoms with Crippen LogP contribution in [0.2, 0.25) is 0 Å². The summed E-state index contributed by atoms with van der Waals surface area (Å²) in [5.41, 5.74) is 0. The molecule has 0 fully saturated rings. The van der Waals surface area contributed by atoms with Gasteiger partial charge >= 0.3 is 11.9 Å². The van der Waals surface area contributed by atoms with E-state index in [2.05, 4.69) is 11.3 Å². The molecule has 5 heteroatoms. The summed E-state index contributed by atoms with van der Waals surface area (Å²) in [5, 5.41) is 16.9. The molecule has 0 saturated carbocycles. The van der Waals surface area contributed by atoms with Crippen LogP contribution >= 0.6 is 0 Å². The Morgan fingerprint density at radius 1 is 1.58 bits per heavy atom. The molecule has 0 saturated heterocycles. The number of carboxylic acids is 1. The van der Waals surface area contributed by atoms with Gasteiger partial charge in [-0.15, -0.1) is 0 Å². The van der Waals surface area contributed by atoms with Crippen molar-refractivity contribution in [3.8, 4) is 0 Å². The highest BCUT2D eigenvalue weighted by Gasteiger charge is 2.20. The average molecular weight is 174 g/mol. The summed E-state index contributed by atoms with van der Waals surface area (Å²) >= 11 is 0. The maximum absolute atomic E-state index is 10.6. The highest BCUT2D eigenvalue weighted by molar-refractivity contribution is 5.79. The fourth-order valence-corrected chi connectivity index (χ4v) is 0.572. The first-order valence-corrected chi connectivity index (χ1v) is 3.25. The van der Waals surface area contributed by atoms with E-state index in [1.165, 1.54) is 0 Å². The van der Waals surface area contributed by atoms with E-state index in [-0.39, 0.29) is 6.42 Å². The van der Waals surface area contributed by atoms with Crippen LogP contribution in [-0.4, -0.2) is 28.8 Å². The third-order valence-electron chi connectivity index (χ3n) is 1.20. The molecule has 0 amide bonds. The van der Waals surface area contributed by atoms with Crippen molar-refractivity contribution in [2.24, 2.45) is 5.92 Å². The van der Waals surface area contributed by atoms with E-state index < -0.39 is 24.5 Å². The molecule has 0 aromatic carbocycles. The standard InChI is InChI=1S/C7H10O5/c1-2-12-6(9)3-5(4-8)7(10)11/h2,5,8H,1,3-4H2,(H,10,11). The average Bonchev–Trinajstić information content (AvgIpc) is 2.00. The molecular weight excluding hydrogens is 164 g/mol. The zero-order valence-electron chi connectivity index (χ0n) is 6.40. The molecular formula is C7H10O5. The second kappa shape index (κ2) is 5.31. The number of carbonyl (C=O) groups excluding carboxylic acids is 1.